The lowest BCUT2D eigenvalue weighted by molar-refractivity contribution is 0.0402. The van der Waals surface area contributed by atoms with Gasteiger partial charge < -0.3 is 14.0 Å². The Morgan fingerprint density at radius 3 is 2.78 bits per heavy atom. The number of rotatable bonds is 3. The number of aromatic nitrogens is 2. The van der Waals surface area contributed by atoms with E-state index in [-0.39, 0.29) is 0 Å². The van der Waals surface area contributed by atoms with Gasteiger partial charge >= 0.3 is 0 Å². The van der Waals surface area contributed by atoms with Gasteiger partial charge in [-0.25, -0.2) is 0 Å². The molecule has 0 radical (unpaired) electrons. The lowest BCUT2D eigenvalue weighted by atomic mass is 9.98. The molecule has 1 saturated carbocycles. The number of furan rings is 1. The van der Waals surface area contributed by atoms with Crippen LogP contribution in [-0.4, -0.2) is 20.8 Å². The molecule has 1 N–H and O–H groups in total. The van der Waals surface area contributed by atoms with Gasteiger partial charge in [0.15, 0.2) is 10.4 Å². The Morgan fingerprint density at radius 1 is 1.33 bits per heavy atom. The van der Waals surface area contributed by atoms with Crippen molar-refractivity contribution >= 4 is 15.9 Å². The van der Waals surface area contributed by atoms with E-state index in [4.69, 9.17) is 8.94 Å². The molecule has 0 bridgehead atoms. The summed E-state index contributed by atoms with van der Waals surface area (Å²) in [5, 5.41) is 14.1. The Balaban J connectivity index is 1.77. The van der Waals surface area contributed by atoms with Crippen LogP contribution in [0.5, 0.6) is 0 Å². The molecule has 2 heterocycles. The van der Waals surface area contributed by atoms with Crippen molar-refractivity contribution in [3.05, 3.63) is 22.7 Å². The van der Waals surface area contributed by atoms with Crippen LogP contribution < -0.4 is 0 Å². The van der Waals surface area contributed by atoms with Gasteiger partial charge in [0.2, 0.25) is 11.7 Å². The monoisotopic (exact) mass is 312 g/mol. The standard InChI is InChI=1S/C12H13BrN2O3/c13-9-4-3-8(17-9)11-14-10(18-15-11)7-12(16)5-1-2-6-12/h3-4,16H,1-2,5-7H2. The van der Waals surface area contributed by atoms with Crippen LogP contribution in [0.4, 0.5) is 0 Å². The van der Waals surface area contributed by atoms with E-state index in [1.54, 1.807) is 12.1 Å². The summed E-state index contributed by atoms with van der Waals surface area (Å²) in [7, 11) is 0. The second-order valence-corrected chi connectivity index (χ2v) is 5.51. The van der Waals surface area contributed by atoms with Crippen molar-refractivity contribution in [3.8, 4) is 11.6 Å². The van der Waals surface area contributed by atoms with Crippen molar-refractivity contribution in [3.63, 3.8) is 0 Å². The van der Waals surface area contributed by atoms with E-state index >= 15 is 0 Å². The Morgan fingerprint density at radius 2 is 2.11 bits per heavy atom. The summed E-state index contributed by atoms with van der Waals surface area (Å²) in [6, 6.07) is 3.54. The molecule has 2 aromatic rings. The lowest BCUT2D eigenvalue weighted by Gasteiger charge is -2.18. The minimum absolute atomic E-state index is 0.414. The molecule has 0 spiro atoms. The molecule has 6 heteroatoms. The van der Waals surface area contributed by atoms with Crippen LogP contribution in [0.15, 0.2) is 25.7 Å². The average Bonchev–Trinajstić information content (AvgIpc) is 3.01. The van der Waals surface area contributed by atoms with E-state index in [9.17, 15) is 5.11 Å². The first-order valence-electron chi connectivity index (χ1n) is 5.95. The number of halogens is 1. The quantitative estimate of drug-likeness (QED) is 0.943. The maximum absolute atomic E-state index is 10.3. The number of hydrogen-bond donors (Lipinski definition) is 1. The molecule has 96 valence electrons. The second kappa shape index (κ2) is 4.51. The van der Waals surface area contributed by atoms with Gasteiger partial charge in [-0.2, -0.15) is 4.98 Å². The summed E-state index contributed by atoms with van der Waals surface area (Å²) in [4.78, 5) is 4.25. The van der Waals surface area contributed by atoms with E-state index < -0.39 is 5.60 Å². The van der Waals surface area contributed by atoms with Gasteiger partial charge in [0, 0.05) is 0 Å². The minimum atomic E-state index is -0.673. The molecule has 0 amide bonds. The van der Waals surface area contributed by atoms with Crippen LogP contribution in [0.25, 0.3) is 11.6 Å². The topological polar surface area (TPSA) is 72.3 Å². The Kier molecular flexibility index (Phi) is 2.99. The molecule has 0 saturated heterocycles. The third-order valence-corrected chi connectivity index (χ3v) is 3.70. The number of aliphatic hydroxyl groups is 1. The van der Waals surface area contributed by atoms with Gasteiger partial charge in [0.25, 0.3) is 0 Å². The van der Waals surface area contributed by atoms with Crippen LogP contribution >= 0.6 is 15.9 Å². The maximum Gasteiger partial charge on any atom is 0.238 e. The summed E-state index contributed by atoms with van der Waals surface area (Å²) in [6.45, 7) is 0. The number of hydrogen-bond acceptors (Lipinski definition) is 5. The minimum Gasteiger partial charge on any atom is -0.446 e. The van der Waals surface area contributed by atoms with Gasteiger partial charge in [0.05, 0.1) is 12.0 Å². The van der Waals surface area contributed by atoms with Crippen molar-refractivity contribution in [1.29, 1.82) is 0 Å². The van der Waals surface area contributed by atoms with Crippen molar-refractivity contribution < 1.29 is 14.0 Å². The summed E-state index contributed by atoms with van der Waals surface area (Å²) in [5.41, 5.74) is -0.673. The highest BCUT2D eigenvalue weighted by atomic mass is 79.9. The van der Waals surface area contributed by atoms with Gasteiger partial charge in [-0.3, -0.25) is 0 Å². The maximum atomic E-state index is 10.3. The fraction of sp³-hybridized carbons (Fsp3) is 0.500. The molecule has 5 nitrogen and oxygen atoms in total. The highest BCUT2D eigenvalue weighted by Gasteiger charge is 2.33. The molecule has 3 rings (SSSR count). The molecular weight excluding hydrogens is 300 g/mol. The zero-order chi connectivity index (χ0) is 12.6. The highest BCUT2D eigenvalue weighted by molar-refractivity contribution is 9.10. The first kappa shape index (κ1) is 11.9. The van der Waals surface area contributed by atoms with Crippen LogP contribution in [0, 0.1) is 0 Å². The van der Waals surface area contributed by atoms with E-state index in [0.717, 1.165) is 25.7 Å². The van der Waals surface area contributed by atoms with Crippen molar-refractivity contribution in [2.75, 3.05) is 0 Å². The molecule has 0 atom stereocenters. The Labute approximate surface area is 112 Å². The summed E-state index contributed by atoms with van der Waals surface area (Å²) >= 11 is 3.22. The van der Waals surface area contributed by atoms with Crippen molar-refractivity contribution in [2.45, 2.75) is 37.7 Å². The van der Waals surface area contributed by atoms with E-state index in [1.807, 2.05) is 0 Å². The summed E-state index contributed by atoms with van der Waals surface area (Å²) in [5.74, 6) is 1.43. The smallest absolute Gasteiger partial charge is 0.238 e. The van der Waals surface area contributed by atoms with Crippen LogP contribution in [0.2, 0.25) is 0 Å². The third-order valence-electron chi connectivity index (χ3n) is 3.28. The first-order valence-corrected chi connectivity index (χ1v) is 6.75. The zero-order valence-corrected chi connectivity index (χ0v) is 11.3. The zero-order valence-electron chi connectivity index (χ0n) is 9.73. The molecule has 18 heavy (non-hydrogen) atoms. The SMILES string of the molecule is OC1(Cc2nc(-c3ccc(Br)o3)no2)CCCC1. The highest BCUT2D eigenvalue weighted by Crippen LogP contribution is 2.32. The normalized spacial score (nSPS) is 18.3. The Hall–Kier alpha value is -1.14. The van der Waals surface area contributed by atoms with Gasteiger partial charge in [-0.05, 0) is 40.9 Å². The van der Waals surface area contributed by atoms with Gasteiger partial charge in [-0.1, -0.05) is 18.0 Å². The lowest BCUT2D eigenvalue weighted by Crippen LogP contribution is -2.27. The molecular formula is C12H13BrN2O3. The largest absolute Gasteiger partial charge is 0.446 e. The molecule has 0 unspecified atom stereocenters. The van der Waals surface area contributed by atoms with Gasteiger partial charge in [0.1, 0.15) is 0 Å². The molecule has 1 aliphatic rings. The average molecular weight is 313 g/mol. The first-order chi connectivity index (χ1) is 8.65. The van der Waals surface area contributed by atoms with E-state index in [0.29, 0.717) is 28.6 Å². The predicted molar refractivity (Wildman–Crippen MR) is 66.8 cm³/mol. The molecule has 0 aromatic carbocycles. The second-order valence-electron chi connectivity index (χ2n) is 4.72. The van der Waals surface area contributed by atoms with Gasteiger partial charge in [-0.15, -0.1) is 0 Å². The van der Waals surface area contributed by atoms with Crippen LogP contribution in [-0.2, 0) is 6.42 Å². The molecule has 0 aliphatic heterocycles. The fourth-order valence-corrected chi connectivity index (χ4v) is 2.66. The summed E-state index contributed by atoms with van der Waals surface area (Å²) in [6.07, 6.45) is 4.14. The summed E-state index contributed by atoms with van der Waals surface area (Å²) < 4.78 is 11.1. The van der Waals surface area contributed by atoms with Crippen molar-refractivity contribution in [2.24, 2.45) is 0 Å². The molecule has 1 fully saturated rings. The van der Waals surface area contributed by atoms with E-state index in [1.165, 1.54) is 0 Å². The van der Waals surface area contributed by atoms with E-state index in [2.05, 4.69) is 26.1 Å². The van der Waals surface area contributed by atoms with Crippen LogP contribution in [0.3, 0.4) is 0 Å². The fourth-order valence-electron chi connectivity index (χ4n) is 2.35. The number of nitrogens with zero attached hydrogens (tertiary/aromatic N) is 2. The molecule has 2 aromatic heterocycles. The predicted octanol–water partition coefficient (Wildman–Crippen LogP) is 2.94. The third kappa shape index (κ3) is 2.35. The van der Waals surface area contributed by atoms with Crippen LogP contribution in [0.1, 0.15) is 31.6 Å². The van der Waals surface area contributed by atoms with Crippen molar-refractivity contribution in [1.82, 2.24) is 10.1 Å². The Bertz CT molecular complexity index is 543. The molecule has 1 aliphatic carbocycles.